The Hall–Kier alpha value is -3.66. The van der Waals surface area contributed by atoms with Crippen molar-refractivity contribution in [2.45, 2.75) is 0 Å². The molecular formula is C18H11F2N3O4S. The highest BCUT2D eigenvalue weighted by Gasteiger charge is 2.18. The van der Waals surface area contributed by atoms with Crippen molar-refractivity contribution >= 4 is 28.8 Å². The van der Waals surface area contributed by atoms with Crippen molar-refractivity contribution < 1.29 is 23.3 Å². The van der Waals surface area contributed by atoms with Crippen molar-refractivity contribution in [1.29, 1.82) is 0 Å². The van der Waals surface area contributed by atoms with Gasteiger partial charge in [-0.1, -0.05) is 12.1 Å². The van der Waals surface area contributed by atoms with Gasteiger partial charge in [0.1, 0.15) is 5.82 Å². The quantitative estimate of drug-likeness (QED) is 0.513. The first-order valence-corrected chi connectivity index (χ1v) is 8.57. The molecule has 10 heteroatoms. The van der Waals surface area contributed by atoms with Gasteiger partial charge in [0, 0.05) is 16.5 Å². The number of carbonyl (C=O) groups is 2. The summed E-state index contributed by atoms with van der Waals surface area (Å²) in [6.07, 6.45) is 0. The molecule has 0 aliphatic carbocycles. The van der Waals surface area contributed by atoms with Gasteiger partial charge in [-0.05, 0) is 42.0 Å². The number of hydrogen-bond donors (Lipinski definition) is 2. The molecule has 0 saturated carbocycles. The first-order valence-electron chi connectivity index (χ1n) is 7.75. The molecule has 0 spiro atoms. The molecule has 0 aliphatic rings. The number of rotatable bonds is 4. The molecule has 3 rings (SSSR count). The van der Waals surface area contributed by atoms with Crippen LogP contribution in [0.25, 0.3) is 10.4 Å². The number of nitro benzene ring substituents is 1. The molecular weight excluding hydrogens is 392 g/mol. The van der Waals surface area contributed by atoms with E-state index in [4.69, 9.17) is 0 Å². The lowest BCUT2D eigenvalue weighted by Gasteiger charge is -2.06. The summed E-state index contributed by atoms with van der Waals surface area (Å²) >= 11 is 1.13. The number of halogens is 2. The Morgan fingerprint density at radius 2 is 1.61 bits per heavy atom. The largest absolute Gasteiger partial charge is 0.305 e. The number of hydrazine groups is 1. The number of carbonyl (C=O) groups excluding carboxylic acids is 2. The molecule has 0 saturated heterocycles. The minimum Gasteiger partial charge on any atom is -0.267 e. The van der Waals surface area contributed by atoms with Crippen molar-refractivity contribution in [3.8, 4) is 10.4 Å². The average molecular weight is 403 g/mol. The third-order valence-corrected chi connectivity index (χ3v) is 4.79. The van der Waals surface area contributed by atoms with E-state index in [2.05, 4.69) is 10.9 Å². The van der Waals surface area contributed by atoms with Gasteiger partial charge in [-0.3, -0.25) is 30.6 Å². The van der Waals surface area contributed by atoms with Crippen LogP contribution in [0.4, 0.5) is 14.5 Å². The number of nitrogens with zero attached hydrogens (tertiary/aromatic N) is 1. The molecule has 0 bridgehead atoms. The van der Waals surface area contributed by atoms with Crippen molar-refractivity contribution in [3.05, 3.63) is 86.8 Å². The second kappa shape index (κ2) is 7.92. The maximum atomic E-state index is 13.3. The van der Waals surface area contributed by atoms with Crippen molar-refractivity contribution in [1.82, 2.24) is 10.9 Å². The third kappa shape index (κ3) is 4.18. The van der Waals surface area contributed by atoms with Crippen LogP contribution in [0.5, 0.6) is 0 Å². The van der Waals surface area contributed by atoms with E-state index >= 15 is 0 Å². The van der Waals surface area contributed by atoms with Crippen LogP contribution in [0.15, 0.2) is 54.6 Å². The molecule has 0 fully saturated rings. The highest BCUT2D eigenvalue weighted by atomic mass is 32.1. The first kappa shape index (κ1) is 19.1. The van der Waals surface area contributed by atoms with Crippen LogP contribution in [0, 0.1) is 21.7 Å². The van der Waals surface area contributed by atoms with Crippen LogP contribution in [0.3, 0.4) is 0 Å². The van der Waals surface area contributed by atoms with E-state index in [0.717, 1.165) is 40.0 Å². The van der Waals surface area contributed by atoms with Crippen molar-refractivity contribution in [2.24, 2.45) is 0 Å². The molecule has 1 aromatic heterocycles. The zero-order valence-electron chi connectivity index (χ0n) is 13.9. The minimum absolute atomic E-state index is 0.188. The summed E-state index contributed by atoms with van der Waals surface area (Å²) in [4.78, 5) is 35.0. The van der Waals surface area contributed by atoms with Gasteiger partial charge >= 0.3 is 5.69 Å². The number of hydrogen-bond acceptors (Lipinski definition) is 5. The number of amides is 2. The molecule has 1 heterocycles. The van der Waals surface area contributed by atoms with E-state index in [1.165, 1.54) is 18.2 Å². The predicted octanol–water partition coefficient (Wildman–Crippen LogP) is 3.68. The van der Waals surface area contributed by atoms with E-state index in [0.29, 0.717) is 0 Å². The van der Waals surface area contributed by atoms with Gasteiger partial charge < -0.3 is 0 Å². The molecule has 0 radical (unpaired) electrons. The predicted molar refractivity (Wildman–Crippen MR) is 97.7 cm³/mol. The van der Waals surface area contributed by atoms with E-state index in [9.17, 15) is 28.5 Å². The molecule has 3 aromatic rings. The lowest BCUT2D eigenvalue weighted by molar-refractivity contribution is -0.387. The number of benzene rings is 2. The van der Waals surface area contributed by atoms with Gasteiger partial charge in [0.15, 0.2) is 0 Å². The molecule has 2 amide bonds. The van der Waals surface area contributed by atoms with E-state index in [-0.39, 0.29) is 16.3 Å². The van der Waals surface area contributed by atoms with Crippen molar-refractivity contribution in [3.63, 3.8) is 0 Å². The number of thiophene rings is 1. The fourth-order valence-corrected chi connectivity index (χ4v) is 3.18. The molecule has 2 N–H and O–H groups in total. The van der Waals surface area contributed by atoms with E-state index in [1.54, 1.807) is 18.2 Å². The lowest BCUT2D eigenvalue weighted by atomic mass is 10.2. The molecule has 2 aromatic carbocycles. The number of nitro groups is 1. The molecule has 7 nitrogen and oxygen atoms in total. The smallest absolute Gasteiger partial charge is 0.267 e. The Balaban J connectivity index is 1.66. The SMILES string of the molecule is O=C(NNC(=O)c1ccc(-c2ccc(F)cc2)s1)c1ccc(F)c([N+](=O)[O-])c1. The van der Waals surface area contributed by atoms with Gasteiger partial charge in [0.05, 0.1) is 9.80 Å². The molecule has 0 unspecified atom stereocenters. The molecule has 0 aliphatic heterocycles. The Kier molecular flexibility index (Phi) is 5.41. The van der Waals surface area contributed by atoms with Crippen LogP contribution >= 0.6 is 11.3 Å². The maximum absolute atomic E-state index is 13.3. The minimum atomic E-state index is -1.07. The fraction of sp³-hybridized carbons (Fsp3) is 0. The standard InChI is InChI=1S/C18H11F2N3O4S/c19-12-4-1-10(2-5-12)15-7-8-16(28-15)18(25)22-21-17(24)11-3-6-13(20)14(9-11)23(26)27/h1-9H,(H,21,24)(H,22,25). The van der Waals surface area contributed by atoms with Crippen LogP contribution in [0.2, 0.25) is 0 Å². The van der Waals surface area contributed by atoms with Gasteiger partial charge in [-0.2, -0.15) is 4.39 Å². The third-order valence-electron chi connectivity index (χ3n) is 3.65. The fourth-order valence-electron chi connectivity index (χ4n) is 2.27. The van der Waals surface area contributed by atoms with Crippen LogP contribution in [-0.4, -0.2) is 16.7 Å². The highest BCUT2D eigenvalue weighted by Crippen LogP contribution is 2.28. The molecule has 0 atom stereocenters. The zero-order valence-corrected chi connectivity index (χ0v) is 14.8. The lowest BCUT2D eigenvalue weighted by Crippen LogP contribution is -2.41. The first-order chi connectivity index (χ1) is 13.3. The molecule has 28 heavy (non-hydrogen) atoms. The van der Waals surface area contributed by atoms with E-state index < -0.39 is 28.2 Å². The second-order valence-corrected chi connectivity index (χ2v) is 6.59. The Labute approximate surface area is 160 Å². The Morgan fingerprint density at radius 1 is 0.929 bits per heavy atom. The topological polar surface area (TPSA) is 101 Å². The number of nitrogens with one attached hydrogen (secondary N) is 2. The Bertz CT molecular complexity index is 1070. The summed E-state index contributed by atoms with van der Waals surface area (Å²) in [6, 6.07) is 11.6. The van der Waals surface area contributed by atoms with Crippen LogP contribution in [-0.2, 0) is 0 Å². The van der Waals surface area contributed by atoms with Gasteiger partial charge in [0.25, 0.3) is 11.8 Å². The summed E-state index contributed by atoms with van der Waals surface area (Å²) in [6.45, 7) is 0. The van der Waals surface area contributed by atoms with Crippen molar-refractivity contribution in [2.75, 3.05) is 0 Å². The second-order valence-electron chi connectivity index (χ2n) is 5.50. The van der Waals surface area contributed by atoms with Gasteiger partial charge in [-0.25, -0.2) is 4.39 Å². The summed E-state index contributed by atoms with van der Waals surface area (Å²) < 4.78 is 26.3. The van der Waals surface area contributed by atoms with Crippen LogP contribution < -0.4 is 10.9 Å². The summed E-state index contributed by atoms with van der Waals surface area (Å²) in [7, 11) is 0. The van der Waals surface area contributed by atoms with E-state index in [1.807, 2.05) is 0 Å². The van der Waals surface area contributed by atoms with Gasteiger partial charge in [0.2, 0.25) is 5.82 Å². The van der Waals surface area contributed by atoms with Gasteiger partial charge in [-0.15, -0.1) is 11.3 Å². The summed E-state index contributed by atoms with van der Waals surface area (Å²) in [5, 5.41) is 10.7. The average Bonchev–Trinajstić information content (AvgIpc) is 3.16. The molecule has 142 valence electrons. The zero-order chi connectivity index (χ0) is 20.3. The van der Waals surface area contributed by atoms with Crippen LogP contribution in [0.1, 0.15) is 20.0 Å². The maximum Gasteiger partial charge on any atom is 0.305 e. The summed E-state index contributed by atoms with van der Waals surface area (Å²) in [5.41, 5.74) is 3.99. The monoisotopic (exact) mass is 403 g/mol. The summed E-state index contributed by atoms with van der Waals surface area (Å²) in [5.74, 6) is -2.89. The highest BCUT2D eigenvalue weighted by molar-refractivity contribution is 7.17. The Morgan fingerprint density at radius 3 is 2.29 bits per heavy atom. The normalized spacial score (nSPS) is 10.4.